The maximum Gasteiger partial charge on any atom is 0.472 e. The maximum atomic E-state index is 12.9. The minimum atomic E-state index is -4.93. The second-order valence-corrected chi connectivity index (χ2v) is 24.8. The van der Waals surface area contributed by atoms with E-state index in [0.29, 0.717) is 19.3 Å². The Hall–Kier alpha value is -3.79. The lowest BCUT2D eigenvalue weighted by atomic mass is 10.1. The minimum Gasteiger partial charge on any atom is -0.463 e. The second-order valence-electron chi connectivity index (χ2n) is 21.9. The van der Waals surface area contributed by atoms with E-state index in [0.717, 1.165) is 154 Å². The highest BCUT2D eigenvalue weighted by Gasteiger charge is 2.29. The summed E-state index contributed by atoms with van der Waals surface area (Å²) in [6.45, 7) is 2.37. The van der Waals surface area contributed by atoms with Gasteiger partial charge in [0.25, 0.3) is 0 Å². The van der Waals surface area contributed by atoms with E-state index < -0.39 is 91.5 Å². The van der Waals surface area contributed by atoms with Crippen LogP contribution in [0.5, 0.6) is 0 Å². The SMILES string of the molecule is CC/C=C\C/C=C\C/C=C\C/C=C\C/C=C\CCCCCCCC(=O)OCC(O)COP(=O)(O)OCC(O)COP(=O)(O)OCC(COC(=O)CCCCCCC/C=C\C/C=C\C/C=C\CC)OC(=O)CCCCCCC/C=C\CCCCCCCC. The molecule has 0 aliphatic rings. The third-order valence-corrected chi connectivity index (χ3v) is 15.4. The summed E-state index contributed by atoms with van der Waals surface area (Å²) in [4.78, 5) is 58.3. The van der Waals surface area contributed by atoms with Gasteiger partial charge in [0.05, 0.1) is 26.4 Å². The van der Waals surface area contributed by atoms with Gasteiger partial charge in [-0.25, -0.2) is 9.13 Å². The topological polar surface area (TPSA) is 231 Å². The van der Waals surface area contributed by atoms with Gasteiger partial charge in [-0.05, 0) is 122 Å². The number of phosphoric ester groups is 2. The zero-order chi connectivity index (χ0) is 63.8. The average molecular weight is 1270 g/mol. The molecule has 0 rings (SSSR count). The third-order valence-electron chi connectivity index (χ3n) is 13.5. The van der Waals surface area contributed by atoms with Gasteiger partial charge in [-0.1, -0.05) is 220 Å². The van der Waals surface area contributed by atoms with Gasteiger partial charge in [-0.3, -0.25) is 32.5 Å². The number of rotatable bonds is 62. The van der Waals surface area contributed by atoms with Crippen LogP contribution < -0.4 is 0 Å². The molecule has 5 atom stereocenters. The zero-order valence-electron chi connectivity index (χ0n) is 53.9. The first kappa shape index (κ1) is 83.2. The first-order valence-electron chi connectivity index (χ1n) is 33.2. The summed E-state index contributed by atoms with van der Waals surface area (Å²) in [6.07, 6.45) is 68.5. The van der Waals surface area contributed by atoms with Crippen LogP contribution >= 0.6 is 15.6 Å². The molecule has 0 aromatic rings. The number of hydrogen-bond donors (Lipinski definition) is 4. The molecule has 0 heterocycles. The number of ether oxygens (including phenoxy) is 3. The van der Waals surface area contributed by atoms with E-state index in [1.165, 1.54) is 38.5 Å². The number of aliphatic hydroxyl groups excluding tert-OH is 2. The maximum absolute atomic E-state index is 12.9. The molecule has 0 saturated carbocycles. The largest absolute Gasteiger partial charge is 0.472 e. The standard InChI is InChI=1S/C69H118O16P2/c1-4-7-10-13-16-19-22-25-28-29-30-31-32-33-36-38-40-43-46-49-52-55-67(72)79-58-64(70)59-81-86(75,76)82-60-65(71)61-83-87(77,78)84-63-66(85-69(74)57-54-51-48-45-42-39-35-27-24-21-18-15-12-9-6-3)62-80-68(73)56-53-50-47-44-41-37-34-26-23-20-17-14-11-8-5-2/h7-8,10-11,16-17,19-20,25-28,30-31,33-36,64-66,70-71H,4-6,9,12-15,18,21-24,29,32,37-63H2,1-3H3,(H,75,76)(H,77,78)/b10-7-,11-8-,19-16-,20-17-,28-25-,31-30-,34-26-,35-27-,36-33-. The number of hydrogen-bond acceptors (Lipinski definition) is 14. The fraction of sp³-hybridized carbons (Fsp3) is 0.696. The van der Waals surface area contributed by atoms with Crippen LogP contribution in [-0.4, -0.2) is 95.9 Å². The average Bonchev–Trinajstić information content (AvgIpc) is 3.68. The lowest BCUT2D eigenvalue weighted by Gasteiger charge is -2.21. The van der Waals surface area contributed by atoms with Gasteiger partial charge in [0, 0.05) is 19.3 Å². The normalized spacial score (nSPS) is 15.0. The lowest BCUT2D eigenvalue weighted by Crippen LogP contribution is -2.30. The van der Waals surface area contributed by atoms with Crippen molar-refractivity contribution in [1.82, 2.24) is 0 Å². The van der Waals surface area contributed by atoms with E-state index in [1.54, 1.807) is 0 Å². The Bertz CT molecular complexity index is 2030. The summed E-state index contributed by atoms with van der Waals surface area (Å²) in [5.74, 6) is -1.62. The van der Waals surface area contributed by atoms with Crippen LogP contribution in [0, 0.1) is 0 Å². The highest BCUT2D eigenvalue weighted by atomic mass is 31.2. The monoisotopic (exact) mass is 1260 g/mol. The van der Waals surface area contributed by atoms with Gasteiger partial charge in [0.2, 0.25) is 0 Å². The van der Waals surface area contributed by atoms with E-state index in [9.17, 15) is 43.5 Å². The molecule has 0 saturated heterocycles. The third kappa shape index (κ3) is 63.6. The number of esters is 3. The van der Waals surface area contributed by atoms with Gasteiger partial charge < -0.3 is 34.2 Å². The van der Waals surface area contributed by atoms with Crippen molar-refractivity contribution in [3.05, 3.63) is 109 Å². The number of allylic oxidation sites excluding steroid dienone is 18. The van der Waals surface area contributed by atoms with Crippen molar-refractivity contribution in [2.24, 2.45) is 0 Å². The summed E-state index contributed by atoms with van der Waals surface area (Å²) in [6, 6.07) is 0. The summed E-state index contributed by atoms with van der Waals surface area (Å²) >= 11 is 0. The van der Waals surface area contributed by atoms with Crippen molar-refractivity contribution in [3.63, 3.8) is 0 Å². The molecular weight excluding hydrogens is 1150 g/mol. The van der Waals surface area contributed by atoms with Gasteiger partial charge in [0.15, 0.2) is 6.10 Å². The number of carbonyl (C=O) groups is 3. The van der Waals surface area contributed by atoms with Gasteiger partial charge >= 0.3 is 33.6 Å². The van der Waals surface area contributed by atoms with Crippen LogP contribution in [0.15, 0.2) is 109 Å². The molecule has 0 spiro atoms. The van der Waals surface area contributed by atoms with Crippen LogP contribution in [0.2, 0.25) is 0 Å². The smallest absolute Gasteiger partial charge is 0.463 e. The van der Waals surface area contributed by atoms with Crippen molar-refractivity contribution in [1.29, 1.82) is 0 Å². The van der Waals surface area contributed by atoms with Crippen molar-refractivity contribution in [3.8, 4) is 0 Å². The molecule has 18 heteroatoms. The van der Waals surface area contributed by atoms with Crippen molar-refractivity contribution < 1.29 is 75.8 Å². The molecular formula is C69H118O16P2. The van der Waals surface area contributed by atoms with Crippen LogP contribution in [0.1, 0.15) is 252 Å². The number of carbonyl (C=O) groups excluding carboxylic acids is 3. The van der Waals surface area contributed by atoms with E-state index in [4.69, 9.17) is 32.3 Å². The molecule has 500 valence electrons. The van der Waals surface area contributed by atoms with E-state index in [-0.39, 0.29) is 19.3 Å². The summed E-state index contributed by atoms with van der Waals surface area (Å²) in [7, 11) is -9.79. The Morgan fingerprint density at radius 1 is 0.333 bits per heavy atom. The lowest BCUT2D eigenvalue weighted by molar-refractivity contribution is -0.161. The summed E-state index contributed by atoms with van der Waals surface area (Å²) < 4.78 is 60.8. The molecule has 0 bridgehead atoms. The molecule has 5 unspecified atom stereocenters. The van der Waals surface area contributed by atoms with Crippen molar-refractivity contribution in [2.75, 3.05) is 39.6 Å². The molecule has 0 aromatic heterocycles. The second kappa shape index (κ2) is 62.4. The Balaban J connectivity index is 4.67. The van der Waals surface area contributed by atoms with Crippen molar-refractivity contribution >= 4 is 33.6 Å². The van der Waals surface area contributed by atoms with Crippen LogP contribution in [-0.2, 0) is 55.8 Å². The fourth-order valence-electron chi connectivity index (χ4n) is 8.43. The Labute approximate surface area is 526 Å². The molecule has 16 nitrogen and oxygen atoms in total. The molecule has 0 amide bonds. The van der Waals surface area contributed by atoms with Gasteiger partial charge in [0.1, 0.15) is 25.4 Å². The Morgan fingerprint density at radius 3 is 0.977 bits per heavy atom. The molecule has 0 aliphatic heterocycles. The predicted octanol–water partition coefficient (Wildman–Crippen LogP) is 18.1. The van der Waals surface area contributed by atoms with Gasteiger partial charge in [-0.15, -0.1) is 0 Å². The molecule has 87 heavy (non-hydrogen) atoms. The Kier molecular flexibility index (Phi) is 59.7. The quantitative estimate of drug-likeness (QED) is 0.0146. The molecule has 0 radical (unpaired) electrons. The molecule has 0 aromatic carbocycles. The van der Waals surface area contributed by atoms with Crippen LogP contribution in [0.4, 0.5) is 0 Å². The molecule has 0 aliphatic carbocycles. The molecule has 4 N–H and O–H groups in total. The number of phosphoric acid groups is 2. The van der Waals surface area contributed by atoms with Crippen LogP contribution in [0.25, 0.3) is 0 Å². The van der Waals surface area contributed by atoms with E-state index >= 15 is 0 Å². The zero-order valence-corrected chi connectivity index (χ0v) is 55.7. The number of unbranched alkanes of at least 4 members (excludes halogenated alkanes) is 21. The Morgan fingerprint density at radius 2 is 0.609 bits per heavy atom. The first-order chi connectivity index (χ1) is 42.2. The van der Waals surface area contributed by atoms with Crippen molar-refractivity contribution in [2.45, 2.75) is 270 Å². The van der Waals surface area contributed by atoms with E-state index in [1.807, 2.05) is 0 Å². The predicted molar refractivity (Wildman–Crippen MR) is 353 cm³/mol. The van der Waals surface area contributed by atoms with Crippen LogP contribution in [0.3, 0.4) is 0 Å². The number of aliphatic hydroxyl groups is 2. The molecule has 0 fully saturated rings. The first-order valence-corrected chi connectivity index (χ1v) is 36.2. The highest BCUT2D eigenvalue weighted by Crippen LogP contribution is 2.45. The minimum absolute atomic E-state index is 0.0890. The summed E-state index contributed by atoms with van der Waals surface area (Å²) in [5, 5.41) is 20.5. The highest BCUT2D eigenvalue weighted by molar-refractivity contribution is 7.47. The van der Waals surface area contributed by atoms with E-state index in [2.05, 4.69) is 130 Å². The van der Waals surface area contributed by atoms with Gasteiger partial charge in [-0.2, -0.15) is 0 Å². The summed E-state index contributed by atoms with van der Waals surface area (Å²) in [5.41, 5.74) is 0. The fourth-order valence-corrected chi connectivity index (χ4v) is 10.0.